The van der Waals surface area contributed by atoms with E-state index in [1.165, 1.54) is 33.3 Å². The van der Waals surface area contributed by atoms with E-state index in [0.717, 1.165) is 12.8 Å². The predicted molar refractivity (Wildman–Crippen MR) is 85.0 cm³/mol. The molecule has 20 heavy (non-hydrogen) atoms. The molecule has 0 aromatic heterocycles. The first-order valence-electron chi connectivity index (χ1n) is 7.54. The van der Waals surface area contributed by atoms with E-state index in [2.05, 4.69) is 67.8 Å². The SMILES string of the molecule is CC=C1CC(C)(CC)[N+]2=C1c1cccc3cccc2c13. The molecule has 4 rings (SSSR count). The quantitative estimate of drug-likeness (QED) is 0.649. The van der Waals surface area contributed by atoms with E-state index in [-0.39, 0.29) is 5.54 Å². The van der Waals surface area contributed by atoms with Crippen LogP contribution in [-0.4, -0.2) is 15.8 Å². The summed E-state index contributed by atoms with van der Waals surface area (Å²) in [4.78, 5) is 0. The second-order valence-electron chi connectivity index (χ2n) is 6.21. The van der Waals surface area contributed by atoms with Crippen LogP contribution in [-0.2, 0) is 0 Å². The molecule has 0 fully saturated rings. The van der Waals surface area contributed by atoms with Gasteiger partial charge in [-0.2, -0.15) is 4.58 Å². The van der Waals surface area contributed by atoms with Crippen LogP contribution in [0.3, 0.4) is 0 Å². The van der Waals surface area contributed by atoms with Crippen molar-refractivity contribution < 1.29 is 4.58 Å². The first-order chi connectivity index (χ1) is 9.69. The van der Waals surface area contributed by atoms with Gasteiger partial charge in [-0.05, 0) is 18.4 Å². The first kappa shape index (κ1) is 11.9. The third-order valence-corrected chi connectivity index (χ3v) is 5.13. The van der Waals surface area contributed by atoms with Crippen LogP contribution in [0.2, 0.25) is 0 Å². The molecule has 0 N–H and O–H groups in total. The summed E-state index contributed by atoms with van der Waals surface area (Å²) in [7, 11) is 0. The highest BCUT2D eigenvalue weighted by Crippen LogP contribution is 2.47. The second kappa shape index (κ2) is 3.82. The van der Waals surface area contributed by atoms with E-state index in [1.54, 1.807) is 0 Å². The average Bonchev–Trinajstić information content (AvgIpc) is 2.97. The maximum atomic E-state index is 2.60. The number of hydrogen-bond acceptors (Lipinski definition) is 0. The molecule has 0 aliphatic carbocycles. The lowest BCUT2D eigenvalue weighted by Crippen LogP contribution is -2.32. The van der Waals surface area contributed by atoms with Gasteiger partial charge in [-0.3, -0.25) is 0 Å². The molecule has 1 heteroatoms. The van der Waals surface area contributed by atoms with Gasteiger partial charge in [0, 0.05) is 31.4 Å². The van der Waals surface area contributed by atoms with Gasteiger partial charge in [0.25, 0.3) is 0 Å². The molecule has 0 spiro atoms. The van der Waals surface area contributed by atoms with Crippen molar-refractivity contribution in [1.82, 2.24) is 0 Å². The molecule has 0 saturated carbocycles. The van der Waals surface area contributed by atoms with Crippen LogP contribution in [0.4, 0.5) is 5.69 Å². The molecule has 100 valence electrons. The van der Waals surface area contributed by atoms with Crippen molar-refractivity contribution in [2.45, 2.75) is 39.2 Å². The molecule has 2 aliphatic rings. The van der Waals surface area contributed by atoms with Crippen molar-refractivity contribution in [2.75, 3.05) is 0 Å². The minimum absolute atomic E-state index is 0.213. The maximum absolute atomic E-state index is 2.60. The Kier molecular flexibility index (Phi) is 2.27. The molecule has 2 aromatic carbocycles. The molecule has 0 amide bonds. The van der Waals surface area contributed by atoms with Crippen LogP contribution in [0.5, 0.6) is 0 Å². The lowest BCUT2D eigenvalue weighted by molar-refractivity contribution is -0.518. The van der Waals surface area contributed by atoms with Crippen molar-refractivity contribution >= 4 is 22.2 Å². The highest BCUT2D eigenvalue weighted by molar-refractivity contribution is 6.22. The molecule has 2 aromatic rings. The zero-order chi connectivity index (χ0) is 13.9. The lowest BCUT2D eigenvalue weighted by atomic mass is 9.89. The van der Waals surface area contributed by atoms with Crippen LogP contribution in [0.15, 0.2) is 48.0 Å². The van der Waals surface area contributed by atoms with Crippen LogP contribution in [0, 0.1) is 0 Å². The van der Waals surface area contributed by atoms with Gasteiger partial charge in [0.1, 0.15) is 0 Å². The van der Waals surface area contributed by atoms with Gasteiger partial charge < -0.3 is 0 Å². The molecule has 1 nitrogen and oxygen atoms in total. The molecule has 2 aliphatic heterocycles. The Hall–Kier alpha value is -1.89. The van der Waals surface area contributed by atoms with Crippen molar-refractivity contribution in [2.24, 2.45) is 0 Å². The largest absolute Gasteiger partial charge is 0.217 e. The summed E-state index contributed by atoms with van der Waals surface area (Å²) in [5.41, 5.74) is 5.98. The minimum atomic E-state index is 0.213. The standard InChI is InChI=1S/C19H20N/c1-4-13-12-19(3,5-2)20-16-11-7-9-14-8-6-10-15(17(14)16)18(13)20/h4,6-11H,5,12H2,1-3H3/q+1. The summed E-state index contributed by atoms with van der Waals surface area (Å²) in [6, 6.07) is 13.4. The number of hydrogen-bond donors (Lipinski definition) is 0. The highest BCUT2D eigenvalue weighted by atomic mass is 15.1. The Morgan fingerprint density at radius 1 is 1.20 bits per heavy atom. The zero-order valence-electron chi connectivity index (χ0n) is 12.4. The molecule has 1 unspecified atom stereocenters. The van der Waals surface area contributed by atoms with Crippen LogP contribution in [0.1, 0.15) is 39.2 Å². The van der Waals surface area contributed by atoms with Crippen LogP contribution >= 0.6 is 0 Å². The third-order valence-electron chi connectivity index (χ3n) is 5.13. The van der Waals surface area contributed by atoms with E-state index in [0.29, 0.717) is 0 Å². The number of rotatable bonds is 1. The predicted octanol–water partition coefficient (Wildman–Crippen LogP) is 4.81. The van der Waals surface area contributed by atoms with Crippen molar-refractivity contribution in [3.63, 3.8) is 0 Å². The fourth-order valence-electron chi connectivity index (χ4n) is 3.92. The summed E-state index contributed by atoms with van der Waals surface area (Å²) >= 11 is 0. The molecular formula is C19H20N+. The third kappa shape index (κ3) is 1.26. The van der Waals surface area contributed by atoms with E-state index < -0.39 is 0 Å². The topological polar surface area (TPSA) is 3.01 Å². The fraction of sp³-hybridized carbons (Fsp3) is 0.316. The summed E-state index contributed by atoms with van der Waals surface area (Å²) in [6.45, 7) is 6.87. The number of allylic oxidation sites excluding steroid dienone is 1. The van der Waals surface area contributed by atoms with Crippen molar-refractivity contribution in [1.29, 1.82) is 0 Å². The van der Waals surface area contributed by atoms with Crippen LogP contribution < -0.4 is 0 Å². The van der Waals surface area contributed by atoms with E-state index in [9.17, 15) is 0 Å². The molecule has 0 saturated heterocycles. The van der Waals surface area contributed by atoms with Crippen molar-refractivity contribution in [3.8, 4) is 0 Å². The monoisotopic (exact) mass is 262 g/mol. The number of benzene rings is 2. The summed E-state index contributed by atoms with van der Waals surface area (Å²) in [5.74, 6) is 0. The lowest BCUT2D eigenvalue weighted by Gasteiger charge is -2.19. The van der Waals surface area contributed by atoms with Gasteiger partial charge in [-0.15, -0.1) is 0 Å². The van der Waals surface area contributed by atoms with Gasteiger partial charge in [-0.1, -0.05) is 37.3 Å². The smallest absolute Gasteiger partial charge is 0.186 e. The molecule has 0 bridgehead atoms. The Labute approximate surface area is 120 Å². The summed E-state index contributed by atoms with van der Waals surface area (Å²) < 4.78 is 2.60. The molecule has 0 radical (unpaired) electrons. The number of nitrogens with zero attached hydrogens (tertiary/aromatic N) is 1. The van der Waals surface area contributed by atoms with Gasteiger partial charge >= 0.3 is 0 Å². The zero-order valence-corrected chi connectivity index (χ0v) is 12.4. The molecule has 2 heterocycles. The van der Waals surface area contributed by atoms with Crippen LogP contribution in [0.25, 0.3) is 10.8 Å². The Morgan fingerprint density at radius 3 is 2.65 bits per heavy atom. The van der Waals surface area contributed by atoms with Gasteiger partial charge in [0.2, 0.25) is 11.4 Å². The van der Waals surface area contributed by atoms with E-state index >= 15 is 0 Å². The summed E-state index contributed by atoms with van der Waals surface area (Å²) in [5, 5.41) is 2.79. The van der Waals surface area contributed by atoms with Gasteiger partial charge in [0.05, 0.1) is 10.9 Å². The number of fused-ring (bicyclic) bond motifs is 2. The van der Waals surface area contributed by atoms with Gasteiger partial charge in [0.15, 0.2) is 5.54 Å². The average molecular weight is 262 g/mol. The first-order valence-corrected chi connectivity index (χ1v) is 7.54. The normalized spacial score (nSPS) is 25.9. The van der Waals surface area contributed by atoms with Crippen molar-refractivity contribution in [3.05, 3.63) is 53.6 Å². The molecule has 1 atom stereocenters. The van der Waals surface area contributed by atoms with E-state index in [4.69, 9.17) is 0 Å². The second-order valence-corrected chi connectivity index (χ2v) is 6.21. The Bertz CT molecular complexity index is 789. The van der Waals surface area contributed by atoms with E-state index in [1.807, 2.05) is 0 Å². The fourth-order valence-corrected chi connectivity index (χ4v) is 3.92. The summed E-state index contributed by atoms with van der Waals surface area (Å²) in [6.07, 6.45) is 4.62. The Morgan fingerprint density at radius 2 is 1.95 bits per heavy atom. The minimum Gasteiger partial charge on any atom is -0.186 e. The Balaban J connectivity index is 2.15. The van der Waals surface area contributed by atoms with Gasteiger partial charge in [-0.25, -0.2) is 0 Å². The highest BCUT2D eigenvalue weighted by Gasteiger charge is 2.51. The maximum Gasteiger partial charge on any atom is 0.217 e. The molecular weight excluding hydrogens is 242 g/mol.